The zero-order valence-corrected chi connectivity index (χ0v) is 15.2. The fraction of sp³-hybridized carbons (Fsp3) is 0.167. The number of aromatic hydroxyl groups is 2. The fourth-order valence-corrected chi connectivity index (χ4v) is 2.00. The van der Waals surface area contributed by atoms with E-state index in [0.717, 1.165) is 11.8 Å². The van der Waals surface area contributed by atoms with Gasteiger partial charge < -0.3 is 36.3 Å². The number of carbonyl (C=O) groups is 2. The highest BCUT2D eigenvalue weighted by Gasteiger charge is 2.20. The van der Waals surface area contributed by atoms with Gasteiger partial charge in [-0.3, -0.25) is 4.79 Å². The standard InChI is InChI=1S/C18H19N3O6.2H2O/c22-10-14(20-18(26)27-11-12-5-2-1-3-6-12)17(25)21-19-9-13-7-4-8-15(23)16(13)24;;/h1-9,14,22-24H,10-11H2,(H,20,26)(H,21,25);2*1H2/b19-9+;;/t14-;;/m0../s1. The Kier molecular flexibility index (Phi) is 11.1. The van der Waals surface area contributed by atoms with Gasteiger partial charge in [-0.05, 0) is 17.7 Å². The van der Waals surface area contributed by atoms with E-state index >= 15 is 0 Å². The minimum Gasteiger partial charge on any atom is -0.504 e. The van der Waals surface area contributed by atoms with Gasteiger partial charge >= 0.3 is 6.09 Å². The molecule has 0 fully saturated rings. The molecule has 9 N–H and O–H groups in total. The minimum atomic E-state index is -1.27. The first-order chi connectivity index (χ1) is 13.0. The van der Waals surface area contributed by atoms with Crippen LogP contribution in [0.3, 0.4) is 0 Å². The second kappa shape index (κ2) is 12.7. The van der Waals surface area contributed by atoms with E-state index in [9.17, 15) is 24.9 Å². The van der Waals surface area contributed by atoms with Crippen LogP contribution in [0, 0.1) is 0 Å². The van der Waals surface area contributed by atoms with Crippen LogP contribution in [0.4, 0.5) is 4.79 Å². The molecule has 0 unspecified atom stereocenters. The Morgan fingerprint density at radius 1 is 1.07 bits per heavy atom. The summed E-state index contributed by atoms with van der Waals surface area (Å²) < 4.78 is 4.97. The van der Waals surface area contributed by atoms with Crippen molar-refractivity contribution in [2.45, 2.75) is 12.6 Å². The number of ether oxygens (including phenoxy) is 1. The molecular weight excluding hydrogens is 386 g/mol. The normalized spacial score (nSPS) is 10.9. The van der Waals surface area contributed by atoms with Gasteiger partial charge in [0.2, 0.25) is 0 Å². The third kappa shape index (κ3) is 7.84. The molecule has 11 heteroatoms. The summed E-state index contributed by atoms with van der Waals surface area (Å²) >= 11 is 0. The number of nitrogens with zero attached hydrogens (tertiary/aromatic N) is 1. The summed E-state index contributed by atoms with van der Waals surface area (Å²) in [5.41, 5.74) is 3.06. The lowest BCUT2D eigenvalue weighted by molar-refractivity contribution is -0.123. The highest BCUT2D eigenvalue weighted by Crippen LogP contribution is 2.26. The van der Waals surface area contributed by atoms with Gasteiger partial charge in [0.25, 0.3) is 5.91 Å². The van der Waals surface area contributed by atoms with Gasteiger partial charge in [0.1, 0.15) is 12.6 Å². The van der Waals surface area contributed by atoms with Crippen LogP contribution in [-0.4, -0.2) is 57.1 Å². The van der Waals surface area contributed by atoms with E-state index in [1.165, 1.54) is 18.2 Å². The van der Waals surface area contributed by atoms with Gasteiger partial charge in [0, 0.05) is 5.56 Å². The van der Waals surface area contributed by atoms with Crippen molar-refractivity contribution >= 4 is 18.2 Å². The van der Waals surface area contributed by atoms with Gasteiger partial charge in [0.05, 0.1) is 12.8 Å². The molecule has 0 aliphatic rings. The summed E-state index contributed by atoms with van der Waals surface area (Å²) in [5.74, 6) is -1.51. The van der Waals surface area contributed by atoms with E-state index in [2.05, 4.69) is 15.8 Å². The Morgan fingerprint density at radius 3 is 2.41 bits per heavy atom. The first-order valence-electron chi connectivity index (χ1n) is 7.93. The average molecular weight is 409 g/mol. The number of carbonyl (C=O) groups excluding carboxylic acids is 2. The molecule has 158 valence electrons. The average Bonchev–Trinajstić information content (AvgIpc) is 2.68. The number of rotatable bonds is 7. The van der Waals surface area contributed by atoms with Crippen molar-refractivity contribution in [3.05, 3.63) is 59.7 Å². The minimum absolute atomic E-state index is 0. The van der Waals surface area contributed by atoms with Crippen molar-refractivity contribution in [2.24, 2.45) is 5.10 Å². The third-order valence-corrected chi connectivity index (χ3v) is 3.43. The van der Waals surface area contributed by atoms with Gasteiger partial charge in [-0.25, -0.2) is 10.2 Å². The van der Waals surface area contributed by atoms with Crippen molar-refractivity contribution in [3.8, 4) is 11.5 Å². The summed E-state index contributed by atoms with van der Waals surface area (Å²) in [4.78, 5) is 23.7. The van der Waals surface area contributed by atoms with E-state index < -0.39 is 30.4 Å². The Morgan fingerprint density at radius 2 is 1.76 bits per heavy atom. The number of nitrogens with one attached hydrogen (secondary N) is 2. The number of phenolic OH excluding ortho intramolecular Hbond substituents is 2. The smallest absolute Gasteiger partial charge is 0.408 e. The fourth-order valence-electron chi connectivity index (χ4n) is 2.00. The summed E-state index contributed by atoms with van der Waals surface area (Å²) in [6.45, 7) is -0.652. The van der Waals surface area contributed by atoms with E-state index in [-0.39, 0.29) is 28.9 Å². The van der Waals surface area contributed by atoms with Crippen LogP contribution in [-0.2, 0) is 16.1 Å². The Bertz CT molecular complexity index is 814. The summed E-state index contributed by atoms with van der Waals surface area (Å²) in [6.07, 6.45) is 0.234. The number of hydrazone groups is 1. The number of amides is 2. The van der Waals surface area contributed by atoms with Crippen molar-refractivity contribution in [3.63, 3.8) is 0 Å². The number of alkyl carbamates (subject to hydrolysis) is 1. The van der Waals surface area contributed by atoms with Crippen LogP contribution in [0.25, 0.3) is 0 Å². The van der Waals surface area contributed by atoms with E-state index in [4.69, 9.17) is 4.74 Å². The van der Waals surface area contributed by atoms with Crippen LogP contribution in [0.5, 0.6) is 11.5 Å². The molecule has 0 saturated heterocycles. The van der Waals surface area contributed by atoms with Crippen LogP contribution < -0.4 is 10.7 Å². The highest BCUT2D eigenvalue weighted by atomic mass is 16.5. The zero-order valence-electron chi connectivity index (χ0n) is 15.2. The van der Waals surface area contributed by atoms with Crippen LogP contribution >= 0.6 is 0 Å². The van der Waals surface area contributed by atoms with Crippen molar-refractivity contribution in [2.75, 3.05) is 6.61 Å². The van der Waals surface area contributed by atoms with E-state index in [1.54, 1.807) is 24.3 Å². The quantitative estimate of drug-likeness (QED) is 0.224. The lowest BCUT2D eigenvalue weighted by atomic mass is 10.2. The Balaban J connectivity index is 0.00000392. The van der Waals surface area contributed by atoms with Gasteiger partial charge in [-0.2, -0.15) is 5.10 Å². The molecule has 0 saturated carbocycles. The second-order valence-electron chi connectivity index (χ2n) is 5.39. The lowest BCUT2D eigenvalue weighted by Crippen LogP contribution is -2.47. The van der Waals surface area contributed by atoms with E-state index in [1.807, 2.05) is 6.07 Å². The van der Waals surface area contributed by atoms with Gasteiger partial charge in [-0.1, -0.05) is 36.4 Å². The van der Waals surface area contributed by atoms with Crippen molar-refractivity contribution in [1.29, 1.82) is 0 Å². The molecular formula is C18H23N3O8. The second-order valence-corrected chi connectivity index (χ2v) is 5.39. The molecule has 0 radical (unpaired) electrons. The molecule has 2 aromatic carbocycles. The van der Waals surface area contributed by atoms with Crippen LogP contribution in [0.1, 0.15) is 11.1 Å². The maximum atomic E-state index is 12.0. The van der Waals surface area contributed by atoms with Gasteiger partial charge in [0.15, 0.2) is 11.5 Å². The molecule has 29 heavy (non-hydrogen) atoms. The number of aliphatic hydroxyl groups is 1. The molecule has 2 rings (SSSR count). The molecule has 0 spiro atoms. The Labute approximate surface area is 165 Å². The molecule has 11 nitrogen and oxygen atoms in total. The SMILES string of the molecule is O.O.O=C(N[C@@H](CO)C(=O)N/N=C/c1cccc(O)c1O)OCc1ccccc1. The maximum absolute atomic E-state index is 12.0. The zero-order chi connectivity index (χ0) is 19.6. The molecule has 2 aromatic rings. The molecule has 0 aliphatic heterocycles. The highest BCUT2D eigenvalue weighted by molar-refractivity contribution is 5.88. The molecule has 1 atom stereocenters. The molecule has 2 amide bonds. The van der Waals surface area contributed by atoms with Crippen molar-refractivity contribution in [1.82, 2.24) is 10.7 Å². The van der Waals surface area contributed by atoms with Crippen LogP contribution in [0.15, 0.2) is 53.6 Å². The summed E-state index contributed by atoms with van der Waals surface area (Å²) in [7, 11) is 0. The maximum Gasteiger partial charge on any atom is 0.408 e. The predicted octanol–water partition coefficient (Wildman–Crippen LogP) is -0.814. The first kappa shape index (κ1) is 25.3. The topological polar surface area (TPSA) is 203 Å². The molecule has 0 aromatic heterocycles. The number of hydrogen-bond acceptors (Lipinski definition) is 7. The molecule has 0 bridgehead atoms. The van der Waals surface area contributed by atoms with Crippen molar-refractivity contribution < 1.29 is 40.6 Å². The number of hydrogen-bond donors (Lipinski definition) is 5. The van der Waals surface area contributed by atoms with Gasteiger partial charge in [-0.15, -0.1) is 0 Å². The number of para-hydroxylation sites is 1. The first-order valence-corrected chi connectivity index (χ1v) is 7.93. The summed E-state index contributed by atoms with van der Waals surface area (Å²) in [5, 5.41) is 34.1. The van der Waals surface area contributed by atoms with E-state index in [0.29, 0.717) is 0 Å². The number of phenols is 2. The van der Waals surface area contributed by atoms with Crippen LogP contribution in [0.2, 0.25) is 0 Å². The molecule has 0 aliphatic carbocycles. The number of aliphatic hydroxyl groups excluding tert-OH is 1. The third-order valence-electron chi connectivity index (χ3n) is 3.43. The Hall–Kier alpha value is -3.67. The lowest BCUT2D eigenvalue weighted by Gasteiger charge is -2.14. The largest absolute Gasteiger partial charge is 0.504 e. The monoisotopic (exact) mass is 409 g/mol. The number of benzene rings is 2. The molecule has 0 heterocycles. The predicted molar refractivity (Wildman–Crippen MR) is 103 cm³/mol. The summed E-state index contributed by atoms with van der Waals surface area (Å²) in [6, 6.07) is 11.9.